The van der Waals surface area contributed by atoms with Gasteiger partial charge in [0.2, 0.25) is 5.91 Å². The number of hydrogen-bond donors (Lipinski definition) is 2. The van der Waals surface area contributed by atoms with E-state index in [1.54, 1.807) is 6.07 Å². The molecule has 5 nitrogen and oxygen atoms in total. The van der Waals surface area contributed by atoms with E-state index in [9.17, 15) is 9.90 Å². The molecule has 1 heterocycles. The third kappa shape index (κ3) is 4.54. The van der Waals surface area contributed by atoms with Crippen molar-refractivity contribution in [3.63, 3.8) is 0 Å². The highest BCUT2D eigenvalue weighted by Gasteiger charge is 2.26. The summed E-state index contributed by atoms with van der Waals surface area (Å²) in [6.07, 6.45) is 0. The average Bonchev–Trinajstić information content (AvgIpc) is 2.83. The summed E-state index contributed by atoms with van der Waals surface area (Å²) in [6, 6.07) is 11.0. The molecule has 1 aliphatic heterocycles. The molecule has 0 radical (unpaired) electrons. The number of phenolic OH excluding ortho intramolecular Hbond substituents is 1. The summed E-state index contributed by atoms with van der Waals surface area (Å²) in [6.45, 7) is 7.32. The Morgan fingerprint density at radius 3 is 2.70 bits per heavy atom. The predicted octanol–water partition coefficient (Wildman–Crippen LogP) is 3.82. The van der Waals surface area contributed by atoms with Crippen LogP contribution in [-0.2, 0) is 11.3 Å². The summed E-state index contributed by atoms with van der Waals surface area (Å²) >= 11 is 6.11. The minimum atomic E-state index is -0.293. The molecule has 2 N–H and O–H groups in total. The number of carbonyl (C=O) groups excluding carboxylic acids is 1. The number of amides is 1. The number of ether oxygens (including phenoxy) is 1. The van der Waals surface area contributed by atoms with E-state index in [2.05, 4.69) is 10.2 Å². The smallest absolute Gasteiger partial charge is 0.237 e. The van der Waals surface area contributed by atoms with E-state index >= 15 is 0 Å². The number of aromatic hydroxyl groups is 1. The predicted molar refractivity (Wildman–Crippen MR) is 107 cm³/mol. The summed E-state index contributed by atoms with van der Waals surface area (Å²) in [7, 11) is 0. The Morgan fingerprint density at radius 1 is 1.22 bits per heavy atom. The van der Waals surface area contributed by atoms with Crippen molar-refractivity contribution >= 4 is 17.5 Å². The number of phenols is 1. The van der Waals surface area contributed by atoms with Crippen LogP contribution in [0, 0.1) is 0 Å². The van der Waals surface area contributed by atoms with Gasteiger partial charge >= 0.3 is 0 Å². The normalized spacial score (nSPS) is 15.6. The highest BCUT2D eigenvalue weighted by molar-refractivity contribution is 6.30. The molecule has 1 atom stereocenters. The van der Waals surface area contributed by atoms with Crippen molar-refractivity contribution in [1.29, 1.82) is 0 Å². The number of rotatable bonds is 4. The first-order valence-electron chi connectivity index (χ1n) is 9.14. The molecule has 1 aliphatic rings. The summed E-state index contributed by atoms with van der Waals surface area (Å²) in [5.41, 5.74) is 2.63. The van der Waals surface area contributed by atoms with Crippen LogP contribution < -0.4 is 10.1 Å². The Hall–Kier alpha value is -2.24. The van der Waals surface area contributed by atoms with Crippen LogP contribution >= 0.6 is 11.6 Å². The van der Waals surface area contributed by atoms with Crippen LogP contribution in [0.4, 0.5) is 0 Å². The fourth-order valence-electron chi connectivity index (χ4n) is 3.26. The van der Waals surface area contributed by atoms with Gasteiger partial charge in [0.15, 0.2) is 11.5 Å². The zero-order chi connectivity index (χ0) is 19.6. The van der Waals surface area contributed by atoms with Crippen molar-refractivity contribution in [2.75, 3.05) is 13.2 Å². The van der Waals surface area contributed by atoms with E-state index in [-0.39, 0.29) is 23.7 Å². The van der Waals surface area contributed by atoms with Crippen LogP contribution in [0.1, 0.15) is 26.3 Å². The molecule has 0 saturated heterocycles. The fourth-order valence-corrected chi connectivity index (χ4v) is 3.45. The molecule has 3 rings (SSSR count). The third-order valence-electron chi connectivity index (χ3n) is 4.66. The zero-order valence-corrected chi connectivity index (χ0v) is 16.6. The molecule has 0 saturated carbocycles. The van der Waals surface area contributed by atoms with Gasteiger partial charge in [-0.15, -0.1) is 0 Å². The van der Waals surface area contributed by atoms with Gasteiger partial charge in [-0.3, -0.25) is 9.69 Å². The number of halogens is 1. The topological polar surface area (TPSA) is 61.8 Å². The van der Waals surface area contributed by atoms with Gasteiger partial charge in [0.25, 0.3) is 0 Å². The van der Waals surface area contributed by atoms with Crippen LogP contribution in [0.2, 0.25) is 5.02 Å². The number of nitrogens with zero attached hydrogens (tertiary/aromatic N) is 1. The maximum atomic E-state index is 12.4. The Labute approximate surface area is 164 Å². The average molecular weight is 389 g/mol. The van der Waals surface area contributed by atoms with Crippen molar-refractivity contribution in [2.45, 2.75) is 39.4 Å². The molecule has 0 spiro atoms. The molecule has 6 heteroatoms. The van der Waals surface area contributed by atoms with Crippen LogP contribution in [0.3, 0.4) is 0 Å². The lowest BCUT2D eigenvalue weighted by molar-refractivity contribution is -0.126. The lowest BCUT2D eigenvalue weighted by Crippen LogP contribution is -2.47. The maximum absolute atomic E-state index is 12.4. The first-order chi connectivity index (χ1) is 12.8. The molecule has 0 unspecified atom stereocenters. The van der Waals surface area contributed by atoms with Crippen LogP contribution in [0.15, 0.2) is 36.4 Å². The van der Waals surface area contributed by atoms with E-state index in [1.165, 1.54) is 0 Å². The van der Waals surface area contributed by atoms with Gasteiger partial charge in [-0.1, -0.05) is 23.7 Å². The Balaban J connectivity index is 1.91. The van der Waals surface area contributed by atoms with Crippen LogP contribution in [0.5, 0.6) is 11.5 Å². The van der Waals surface area contributed by atoms with E-state index in [0.717, 1.165) is 16.7 Å². The van der Waals surface area contributed by atoms with Gasteiger partial charge in [0.1, 0.15) is 6.61 Å². The summed E-state index contributed by atoms with van der Waals surface area (Å²) in [4.78, 5) is 14.5. The van der Waals surface area contributed by atoms with Crippen LogP contribution in [0.25, 0.3) is 11.1 Å². The van der Waals surface area contributed by atoms with Gasteiger partial charge in [-0.25, -0.2) is 0 Å². The largest absolute Gasteiger partial charge is 0.504 e. The summed E-state index contributed by atoms with van der Waals surface area (Å²) in [5, 5.41) is 14.1. The van der Waals surface area contributed by atoms with Gasteiger partial charge in [-0.05, 0) is 56.2 Å². The number of fused-ring (bicyclic) bond motifs is 1. The third-order valence-corrected chi connectivity index (χ3v) is 4.90. The van der Waals surface area contributed by atoms with Crippen molar-refractivity contribution < 1.29 is 14.6 Å². The molecular weight excluding hydrogens is 364 g/mol. The summed E-state index contributed by atoms with van der Waals surface area (Å²) < 4.78 is 5.79. The molecule has 0 bridgehead atoms. The van der Waals surface area contributed by atoms with Crippen molar-refractivity contribution in [1.82, 2.24) is 10.2 Å². The Kier molecular flexibility index (Phi) is 5.92. The van der Waals surface area contributed by atoms with Gasteiger partial charge in [-0.2, -0.15) is 0 Å². The van der Waals surface area contributed by atoms with E-state index in [1.807, 2.05) is 51.1 Å². The van der Waals surface area contributed by atoms with Gasteiger partial charge in [0.05, 0.1) is 6.04 Å². The highest BCUT2D eigenvalue weighted by Crippen LogP contribution is 2.38. The van der Waals surface area contributed by atoms with Crippen LogP contribution in [-0.4, -0.2) is 41.1 Å². The number of carbonyl (C=O) groups is 1. The van der Waals surface area contributed by atoms with Gasteiger partial charge < -0.3 is 15.2 Å². The SMILES string of the molecule is CC(C)NC(=O)[C@H](C)N1CCOc2c(O)cc(-c3cccc(Cl)c3)cc2C1. The molecule has 27 heavy (non-hydrogen) atoms. The standard InChI is InChI=1S/C21H25ClN2O3/c1-13(2)23-21(26)14(3)24-7-8-27-20-17(12-24)9-16(11-19(20)25)15-5-4-6-18(22)10-15/h4-6,9-11,13-14,25H,7-8,12H2,1-3H3,(H,23,26)/t14-/m0/s1. The number of benzene rings is 2. The quantitative estimate of drug-likeness (QED) is 0.835. The zero-order valence-electron chi connectivity index (χ0n) is 15.8. The second-order valence-electron chi connectivity index (χ2n) is 7.15. The van der Waals surface area contributed by atoms with E-state index in [0.29, 0.717) is 30.5 Å². The monoisotopic (exact) mass is 388 g/mol. The second kappa shape index (κ2) is 8.19. The fraction of sp³-hybridized carbons (Fsp3) is 0.381. The molecule has 0 aromatic heterocycles. The molecule has 2 aromatic carbocycles. The van der Waals surface area contributed by atoms with E-state index in [4.69, 9.17) is 16.3 Å². The Morgan fingerprint density at radius 2 is 2.00 bits per heavy atom. The van der Waals surface area contributed by atoms with Gasteiger partial charge in [0, 0.05) is 29.7 Å². The summed E-state index contributed by atoms with van der Waals surface area (Å²) in [5.74, 6) is 0.576. The molecular formula is C21H25ClN2O3. The molecule has 0 fully saturated rings. The van der Waals surface area contributed by atoms with Crippen molar-refractivity contribution in [3.8, 4) is 22.6 Å². The maximum Gasteiger partial charge on any atom is 0.237 e. The number of nitrogens with one attached hydrogen (secondary N) is 1. The second-order valence-corrected chi connectivity index (χ2v) is 7.59. The first-order valence-corrected chi connectivity index (χ1v) is 9.52. The number of hydrogen-bond acceptors (Lipinski definition) is 4. The van der Waals surface area contributed by atoms with Crippen molar-refractivity contribution in [3.05, 3.63) is 47.0 Å². The molecule has 0 aliphatic carbocycles. The minimum Gasteiger partial charge on any atom is -0.504 e. The lowest BCUT2D eigenvalue weighted by atomic mass is 10.0. The van der Waals surface area contributed by atoms with E-state index < -0.39 is 0 Å². The molecule has 1 amide bonds. The minimum absolute atomic E-state index is 0.0105. The first kappa shape index (κ1) is 19.5. The molecule has 144 valence electrons. The lowest BCUT2D eigenvalue weighted by Gasteiger charge is -2.27. The molecule has 2 aromatic rings. The Bertz CT molecular complexity index is 838. The highest BCUT2D eigenvalue weighted by atomic mass is 35.5. The van der Waals surface area contributed by atoms with Crippen molar-refractivity contribution in [2.24, 2.45) is 0 Å².